The second kappa shape index (κ2) is 4.87. The number of nitrogens with zero attached hydrogens (tertiary/aromatic N) is 1. The Morgan fingerprint density at radius 3 is 2.94 bits per heavy atom. The summed E-state index contributed by atoms with van der Waals surface area (Å²) in [5.74, 6) is -0.128. The highest BCUT2D eigenvalue weighted by Crippen LogP contribution is 2.28. The van der Waals surface area contributed by atoms with Crippen molar-refractivity contribution in [2.75, 3.05) is 12.4 Å². The molecule has 0 spiro atoms. The number of carbonyl (C=O) groups is 1. The maximum atomic E-state index is 12.7. The Morgan fingerprint density at radius 2 is 2.35 bits per heavy atom. The number of hydrogen-bond acceptors (Lipinski definition) is 4. The smallest absolute Gasteiger partial charge is 0.341 e. The molecule has 17 heavy (non-hydrogen) atoms. The Hall–Kier alpha value is -1.36. The van der Waals surface area contributed by atoms with Gasteiger partial charge >= 0.3 is 5.97 Å². The van der Waals surface area contributed by atoms with Crippen LogP contribution in [0.25, 0.3) is 0 Å². The average Bonchev–Trinajstić information content (AvgIpc) is 2.28. The van der Waals surface area contributed by atoms with Gasteiger partial charge in [0.05, 0.1) is 12.1 Å². The second-order valence-corrected chi connectivity index (χ2v) is 4.39. The maximum absolute atomic E-state index is 12.7. The quantitative estimate of drug-likeness (QED) is 0.846. The van der Waals surface area contributed by atoms with E-state index >= 15 is 0 Å². The fraction of sp³-hybridized carbons (Fsp3) is 0.455. The van der Waals surface area contributed by atoms with Crippen LogP contribution in [0.5, 0.6) is 0 Å². The molecule has 0 atom stereocenters. The van der Waals surface area contributed by atoms with Crippen LogP contribution in [0.3, 0.4) is 0 Å². The van der Waals surface area contributed by atoms with E-state index in [9.17, 15) is 9.18 Å². The second-order valence-electron chi connectivity index (χ2n) is 3.95. The number of halogens is 2. The molecular weight excluding hydrogens is 247 g/mol. The van der Waals surface area contributed by atoms with Crippen LogP contribution in [0.4, 0.5) is 10.2 Å². The lowest BCUT2D eigenvalue weighted by molar-refractivity contribution is 0.0601. The molecule has 0 amide bonds. The molecule has 92 valence electrons. The minimum absolute atomic E-state index is 0.0158. The van der Waals surface area contributed by atoms with Crippen molar-refractivity contribution in [3.63, 3.8) is 0 Å². The number of ether oxygens (including phenoxy) is 1. The van der Waals surface area contributed by atoms with E-state index in [0.29, 0.717) is 23.7 Å². The number of carbonyl (C=O) groups excluding carboxylic acids is 1. The molecule has 0 aliphatic heterocycles. The zero-order chi connectivity index (χ0) is 12.4. The fourth-order valence-electron chi connectivity index (χ4n) is 1.68. The molecule has 1 aromatic heterocycles. The van der Waals surface area contributed by atoms with Crippen LogP contribution in [0, 0.1) is 0 Å². The molecule has 4 nitrogen and oxygen atoms in total. The molecule has 0 unspecified atom stereocenters. The molecule has 1 heterocycles. The third-order valence-electron chi connectivity index (χ3n) is 2.68. The van der Waals surface area contributed by atoms with Gasteiger partial charge in [-0.2, -0.15) is 0 Å². The van der Waals surface area contributed by atoms with E-state index in [0.717, 1.165) is 0 Å². The SMILES string of the molecule is COC(=O)c1cc(Cl)cnc1N[C@H]1C[C@H](F)C1. The largest absolute Gasteiger partial charge is 0.465 e. The summed E-state index contributed by atoms with van der Waals surface area (Å²) in [6.07, 6.45) is 1.54. The van der Waals surface area contributed by atoms with Gasteiger partial charge in [0.1, 0.15) is 17.6 Å². The molecule has 0 saturated heterocycles. The summed E-state index contributed by atoms with van der Waals surface area (Å²) < 4.78 is 17.3. The number of nitrogens with one attached hydrogen (secondary N) is 1. The number of esters is 1. The van der Waals surface area contributed by atoms with E-state index in [1.807, 2.05) is 0 Å². The van der Waals surface area contributed by atoms with Gasteiger partial charge in [0.2, 0.25) is 0 Å². The first-order chi connectivity index (χ1) is 8.10. The number of pyridine rings is 1. The van der Waals surface area contributed by atoms with E-state index < -0.39 is 12.1 Å². The Morgan fingerprint density at radius 1 is 1.65 bits per heavy atom. The molecule has 1 saturated carbocycles. The summed E-state index contributed by atoms with van der Waals surface area (Å²) >= 11 is 5.77. The lowest BCUT2D eigenvalue weighted by Crippen LogP contribution is -2.37. The standard InChI is InChI=1S/C11H12ClFN2O2/c1-17-11(16)9-2-6(12)5-14-10(9)15-8-3-7(13)4-8/h2,5,7-8H,3-4H2,1H3,(H,14,15)/t7-,8-. The van der Waals surface area contributed by atoms with Gasteiger partial charge in [-0.25, -0.2) is 14.2 Å². The number of alkyl halides is 1. The summed E-state index contributed by atoms with van der Waals surface area (Å²) in [7, 11) is 1.29. The molecule has 1 aromatic rings. The first kappa shape index (κ1) is 12.1. The summed E-state index contributed by atoms with van der Waals surface area (Å²) in [4.78, 5) is 15.5. The Labute approximate surface area is 103 Å². The number of anilines is 1. The van der Waals surface area contributed by atoms with Gasteiger partial charge in [-0.15, -0.1) is 0 Å². The van der Waals surface area contributed by atoms with Crippen LogP contribution in [-0.4, -0.2) is 30.3 Å². The van der Waals surface area contributed by atoms with Crippen molar-refractivity contribution in [2.45, 2.75) is 25.1 Å². The third kappa shape index (κ3) is 2.66. The molecule has 0 radical (unpaired) electrons. The van der Waals surface area contributed by atoms with Gasteiger partial charge in [0.15, 0.2) is 0 Å². The molecule has 2 rings (SSSR count). The molecule has 1 fully saturated rings. The predicted molar refractivity (Wildman–Crippen MR) is 62.1 cm³/mol. The minimum Gasteiger partial charge on any atom is -0.465 e. The van der Waals surface area contributed by atoms with Crippen LogP contribution in [0.15, 0.2) is 12.3 Å². The average molecular weight is 259 g/mol. The van der Waals surface area contributed by atoms with Gasteiger partial charge in [0.25, 0.3) is 0 Å². The molecule has 1 aliphatic carbocycles. The summed E-state index contributed by atoms with van der Waals surface area (Å²) in [5.41, 5.74) is 0.266. The highest BCUT2D eigenvalue weighted by molar-refractivity contribution is 6.30. The van der Waals surface area contributed by atoms with E-state index in [2.05, 4.69) is 15.0 Å². The van der Waals surface area contributed by atoms with Gasteiger partial charge in [-0.1, -0.05) is 11.6 Å². The topological polar surface area (TPSA) is 51.2 Å². The van der Waals surface area contributed by atoms with Crippen molar-refractivity contribution in [3.8, 4) is 0 Å². The molecule has 0 bridgehead atoms. The first-order valence-corrected chi connectivity index (χ1v) is 5.62. The van der Waals surface area contributed by atoms with Crippen LogP contribution >= 0.6 is 11.6 Å². The Balaban J connectivity index is 2.17. The Bertz CT molecular complexity index is 435. The number of aromatic nitrogens is 1. The van der Waals surface area contributed by atoms with Crippen molar-refractivity contribution in [3.05, 3.63) is 22.8 Å². The highest BCUT2D eigenvalue weighted by Gasteiger charge is 2.30. The van der Waals surface area contributed by atoms with Crippen molar-refractivity contribution < 1.29 is 13.9 Å². The summed E-state index contributed by atoms with van der Waals surface area (Å²) in [6, 6.07) is 1.50. The first-order valence-electron chi connectivity index (χ1n) is 5.24. The van der Waals surface area contributed by atoms with Gasteiger partial charge in [0, 0.05) is 12.2 Å². The lowest BCUT2D eigenvalue weighted by Gasteiger charge is -2.31. The number of hydrogen-bond donors (Lipinski definition) is 1. The van der Waals surface area contributed by atoms with E-state index in [1.54, 1.807) is 0 Å². The zero-order valence-corrected chi connectivity index (χ0v) is 10.00. The fourth-order valence-corrected chi connectivity index (χ4v) is 1.84. The van der Waals surface area contributed by atoms with Gasteiger partial charge < -0.3 is 10.1 Å². The van der Waals surface area contributed by atoms with Crippen LogP contribution in [0.2, 0.25) is 5.02 Å². The number of rotatable bonds is 3. The number of methoxy groups -OCH3 is 1. The van der Waals surface area contributed by atoms with Gasteiger partial charge in [-0.05, 0) is 18.9 Å². The van der Waals surface area contributed by atoms with Crippen molar-refractivity contribution in [1.82, 2.24) is 4.98 Å². The Kier molecular flexibility index (Phi) is 3.47. The molecule has 6 heteroatoms. The summed E-state index contributed by atoms with van der Waals surface area (Å²) in [5, 5.41) is 3.36. The molecule has 1 aliphatic rings. The third-order valence-corrected chi connectivity index (χ3v) is 2.89. The zero-order valence-electron chi connectivity index (χ0n) is 9.24. The molecular formula is C11H12ClFN2O2. The van der Waals surface area contributed by atoms with Crippen LogP contribution < -0.4 is 5.32 Å². The van der Waals surface area contributed by atoms with Crippen molar-refractivity contribution in [2.24, 2.45) is 0 Å². The normalized spacial score (nSPS) is 22.8. The molecule has 0 aromatic carbocycles. The van der Waals surface area contributed by atoms with Crippen molar-refractivity contribution >= 4 is 23.4 Å². The van der Waals surface area contributed by atoms with Crippen LogP contribution in [0.1, 0.15) is 23.2 Å². The summed E-state index contributed by atoms with van der Waals surface area (Å²) in [6.45, 7) is 0. The van der Waals surface area contributed by atoms with Gasteiger partial charge in [-0.3, -0.25) is 0 Å². The van der Waals surface area contributed by atoms with E-state index in [-0.39, 0.29) is 11.6 Å². The van der Waals surface area contributed by atoms with E-state index in [1.165, 1.54) is 19.4 Å². The monoisotopic (exact) mass is 258 g/mol. The minimum atomic E-state index is -0.763. The van der Waals surface area contributed by atoms with Crippen molar-refractivity contribution in [1.29, 1.82) is 0 Å². The molecule has 1 N–H and O–H groups in total. The lowest BCUT2D eigenvalue weighted by atomic mass is 9.91. The highest BCUT2D eigenvalue weighted by atomic mass is 35.5. The predicted octanol–water partition coefficient (Wildman–Crippen LogP) is 2.43. The van der Waals surface area contributed by atoms with E-state index in [4.69, 9.17) is 11.6 Å². The van der Waals surface area contributed by atoms with Crippen LogP contribution in [-0.2, 0) is 4.74 Å². The maximum Gasteiger partial charge on any atom is 0.341 e.